The minimum absolute atomic E-state index is 0.130. The number of halogens is 4. The summed E-state index contributed by atoms with van der Waals surface area (Å²) in [5, 5.41) is -0.861. The fourth-order valence-corrected chi connectivity index (χ4v) is 5.46. The number of fused-ring (bicyclic) bond motifs is 1. The second-order valence-corrected chi connectivity index (χ2v) is 8.91. The highest BCUT2D eigenvalue weighted by Gasteiger charge is 2.34. The molecule has 0 bridgehead atoms. The third kappa shape index (κ3) is 3.40. The zero-order chi connectivity index (χ0) is 18.4. The van der Waals surface area contributed by atoms with Gasteiger partial charge in [-0.15, -0.1) is 0 Å². The van der Waals surface area contributed by atoms with Crippen LogP contribution in [0.4, 0.5) is 13.2 Å². The molecule has 1 N–H and O–H groups in total. The molecule has 0 saturated carbocycles. The Morgan fingerprint density at radius 2 is 1.84 bits per heavy atom. The largest absolute Gasteiger partial charge is 0.417 e. The second kappa shape index (κ2) is 6.49. The molecule has 0 spiro atoms. The highest BCUT2D eigenvalue weighted by molar-refractivity contribution is 7.99. The van der Waals surface area contributed by atoms with Gasteiger partial charge < -0.3 is 4.98 Å². The summed E-state index contributed by atoms with van der Waals surface area (Å²) in [5.74, 6) is 1.23. The van der Waals surface area contributed by atoms with E-state index in [1.54, 1.807) is 11.8 Å². The number of pyridine rings is 1. The first-order valence-electron chi connectivity index (χ1n) is 7.12. The monoisotopic (exact) mass is 412 g/mol. The lowest BCUT2D eigenvalue weighted by Gasteiger charge is -2.25. The number of thioether (sulfide) groups is 1. The number of nitrogens with zero attached hydrogens (tertiary/aromatic N) is 1. The Bertz CT molecular complexity index is 983. The van der Waals surface area contributed by atoms with Crippen LogP contribution in [0.15, 0.2) is 28.0 Å². The van der Waals surface area contributed by atoms with Gasteiger partial charge in [-0.2, -0.15) is 29.2 Å². The van der Waals surface area contributed by atoms with Crippen molar-refractivity contribution in [1.29, 1.82) is 0 Å². The van der Waals surface area contributed by atoms with Crippen LogP contribution in [0, 0.1) is 0 Å². The summed E-state index contributed by atoms with van der Waals surface area (Å²) in [6.07, 6.45) is -3.74. The summed E-state index contributed by atoms with van der Waals surface area (Å²) in [4.78, 5) is 14.5. The average molecular weight is 413 g/mol. The smallest absolute Gasteiger partial charge is 0.360 e. The van der Waals surface area contributed by atoms with Crippen molar-refractivity contribution in [2.24, 2.45) is 0 Å². The normalized spacial score (nSPS) is 17.1. The Labute approximate surface area is 150 Å². The SMILES string of the molecule is O=c1c(S(=O)(=O)N2CCSCC2)c[nH]c2cc(C(F)(F)F)c(Cl)cc12. The summed E-state index contributed by atoms with van der Waals surface area (Å²) < 4.78 is 65.2. The molecule has 136 valence electrons. The molecule has 0 unspecified atom stereocenters. The summed E-state index contributed by atoms with van der Waals surface area (Å²) >= 11 is 7.25. The zero-order valence-electron chi connectivity index (χ0n) is 12.6. The molecule has 1 saturated heterocycles. The zero-order valence-corrected chi connectivity index (χ0v) is 14.9. The van der Waals surface area contributed by atoms with Crippen molar-refractivity contribution < 1.29 is 21.6 Å². The Morgan fingerprint density at radius 3 is 2.44 bits per heavy atom. The predicted octanol–water partition coefficient (Wildman–Crippen LogP) is 2.94. The molecule has 0 aliphatic carbocycles. The lowest BCUT2D eigenvalue weighted by molar-refractivity contribution is -0.137. The van der Waals surface area contributed by atoms with Gasteiger partial charge in [-0.3, -0.25) is 4.79 Å². The Kier molecular flexibility index (Phi) is 4.82. The van der Waals surface area contributed by atoms with Crippen LogP contribution >= 0.6 is 23.4 Å². The molecular weight excluding hydrogens is 401 g/mol. The number of alkyl halides is 3. The first-order chi connectivity index (χ1) is 11.6. The van der Waals surface area contributed by atoms with Gasteiger partial charge in [-0.25, -0.2) is 8.42 Å². The second-order valence-electron chi connectivity index (χ2n) is 5.37. The molecule has 5 nitrogen and oxygen atoms in total. The standard InChI is InChI=1S/C14H12ClF3N2O3S2/c15-10-5-8-11(6-9(10)14(16,17)18)19-7-12(13(8)21)25(22,23)20-1-3-24-4-2-20/h5-7H,1-4H2,(H,19,21). The van der Waals surface area contributed by atoms with Crippen LogP contribution in [0.25, 0.3) is 10.9 Å². The fourth-order valence-electron chi connectivity index (χ4n) is 2.56. The quantitative estimate of drug-likeness (QED) is 0.823. The van der Waals surface area contributed by atoms with E-state index < -0.39 is 37.1 Å². The van der Waals surface area contributed by atoms with Crippen molar-refractivity contribution in [2.45, 2.75) is 11.1 Å². The van der Waals surface area contributed by atoms with Crippen LogP contribution in [0.1, 0.15) is 5.56 Å². The van der Waals surface area contributed by atoms with Gasteiger partial charge in [0.2, 0.25) is 15.5 Å². The van der Waals surface area contributed by atoms with E-state index >= 15 is 0 Å². The highest BCUT2D eigenvalue weighted by Crippen LogP contribution is 2.36. The molecule has 1 aliphatic heterocycles. The number of sulfonamides is 1. The van der Waals surface area contributed by atoms with Gasteiger partial charge in [0.25, 0.3) is 0 Å². The van der Waals surface area contributed by atoms with Crippen molar-refractivity contribution in [3.05, 3.63) is 39.1 Å². The number of aromatic nitrogens is 1. The number of hydrogen-bond acceptors (Lipinski definition) is 4. The van der Waals surface area contributed by atoms with Crippen LogP contribution in [-0.4, -0.2) is 42.3 Å². The lowest BCUT2D eigenvalue weighted by atomic mass is 10.1. The van der Waals surface area contributed by atoms with Gasteiger partial charge in [-0.05, 0) is 12.1 Å². The number of benzene rings is 1. The highest BCUT2D eigenvalue weighted by atomic mass is 35.5. The molecule has 0 atom stereocenters. The van der Waals surface area contributed by atoms with Crippen LogP contribution in [0.3, 0.4) is 0 Å². The first-order valence-corrected chi connectivity index (χ1v) is 10.1. The van der Waals surface area contributed by atoms with Crippen molar-refractivity contribution in [3.63, 3.8) is 0 Å². The lowest BCUT2D eigenvalue weighted by Crippen LogP contribution is -2.39. The van der Waals surface area contributed by atoms with E-state index in [4.69, 9.17) is 11.6 Å². The maximum atomic E-state index is 12.9. The molecule has 25 heavy (non-hydrogen) atoms. The molecule has 0 radical (unpaired) electrons. The third-order valence-electron chi connectivity index (χ3n) is 3.83. The van der Waals surface area contributed by atoms with E-state index in [0.29, 0.717) is 17.6 Å². The van der Waals surface area contributed by atoms with E-state index in [9.17, 15) is 26.4 Å². The minimum Gasteiger partial charge on any atom is -0.360 e. The van der Waals surface area contributed by atoms with Gasteiger partial charge in [0.1, 0.15) is 4.90 Å². The van der Waals surface area contributed by atoms with Crippen molar-refractivity contribution in [3.8, 4) is 0 Å². The molecule has 1 aromatic heterocycles. The van der Waals surface area contributed by atoms with E-state index in [-0.39, 0.29) is 24.0 Å². The average Bonchev–Trinajstić information content (AvgIpc) is 2.55. The van der Waals surface area contributed by atoms with E-state index in [1.807, 2.05) is 0 Å². The van der Waals surface area contributed by atoms with Crippen LogP contribution < -0.4 is 5.43 Å². The molecule has 1 aliphatic rings. The molecule has 1 fully saturated rings. The molecule has 0 amide bonds. The van der Waals surface area contributed by atoms with Crippen LogP contribution in [0.2, 0.25) is 5.02 Å². The van der Waals surface area contributed by atoms with E-state index in [1.165, 1.54) is 4.31 Å². The molecule has 2 heterocycles. The summed E-state index contributed by atoms with van der Waals surface area (Å²) in [5.41, 5.74) is -2.10. The Morgan fingerprint density at radius 1 is 1.20 bits per heavy atom. The fraction of sp³-hybridized carbons (Fsp3) is 0.357. The molecule has 1 aromatic carbocycles. The van der Waals surface area contributed by atoms with E-state index in [2.05, 4.69) is 4.98 Å². The Balaban J connectivity index is 2.16. The van der Waals surface area contributed by atoms with Crippen LogP contribution in [0.5, 0.6) is 0 Å². The van der Waals surface area contributed by atoms with Gasteiger partial charge in [0.05, 0.1) is 16.1 Å². The molecular formula is C14H12ClF3N2O3S2. The van der Waals surface area contributed by atoms with Crippen molar-refractivity contribution in [1.82, 2.24) is 9.29 Å². The van der Waals surface area contributed by atoms with Crippen LogP contribution in [-0.2, 0) is 16.2 Å². The van der Waals surface area contributed by atoms with Gasteiger partial charge >= 0.3 is 6.18 Å². The number of nitrogens with one attached hydrogen (secondary N) is 1. The van der Waals surface area contributed by atoms with Gasteiger partial charge in [0, 0.05) is 36.2 Å². The van der Waals surface area contributed by atoms with E-state index in [0.717, 1.165) is 12.3 Å². The molecule has 11 heteroatoms. The third-order valence-corrected chi connectivity index (χ3v) is 6.99. The topological polar surface area (TPSA) is 70.2 Å². The number of rotatable bonds is 2. The van der Waals surface area contributed by atoms with Gasteiger partial charge in [0.15, 0.2) is 0 Å². The Hall–Kier alpha value is -1.23. The minimum atomic E-state index is -4.68. The maximum absolute atomic E-state index is 12.9. The molecule has 3 rings (SSSR count). The number of H-pyrrole nitrogens is 1. The summed E-state index contributed by atoms with van der Waals surface area (Å²) in [6, 6.07) is 1.55. The summed E-state index contributed by atoms with van der Waals surface area (Å²) in [7, 11) is -4.02. The number of hydrogen-bond donors (Lipinski definition) is 1. The maximum Gasteiger partial charge on any atom is 0.417 e. The van der Waals surface area contributed by atoms with Gasteiger partial charge in [-0.1, -0.05) is 11.6 Å². The predicted molar refractivity (Wildman–Crippen MR) is 90.7 cm³/mol. The van der Waals surface area contributed by atoms with Crippen molar-refractivity contribution in [2.75, 3.05) is 24.6 Å². The molecule has 2 aromatic rings. The van der Waals surface area contributed by atoms with Crippen molar-refractivity contribution >= 4 is 44.3 Å². The summed E-state index contributed by atoms with van der Waals surface area (Å²) in [6.45, 7) is 0.552. The number of aromatic amines is 1. The first kappa shape index (κ1) is 18.6.